The van der Waals surface area contributed by atoms with Crippen molar-refractivity contribution in [3.63, 3.8) is 0 Å². The number of nitrogens with zero attached hydrogens (tertiary/aromatic N) is 1. The van der Waals surface area contributed by atoms with Crippen molar-refractivity contribution in [2.24, 2.45) is 5.92 Å². The highest BCUT2D eigenvalue weighted by atomic mass is 16.5. The largest absolute Gasteiger partial charge is 0.481 e. The molecule has 4 rings (SSSR count). The van der Waals surface area contributed by atoms with Gasteiger partial charge in [-0.2, -0.15) is 0 Å². The van der Waals surface area contributed by atoms with Gasteiger partial charge in [0.1, 0.15) is 0 Å². The highest BCUT2D eigenvalue weighted by Gasteiger charge is 2.45. The van der Waals surface area contributed by atoms with Crippen LogP contribution in [0, 0.1) is 5.92 Å². The van der Waals surface area contributed by atoms with Crippen molar-refractivity contribution < 1.29 is 19.7 Å². The highest BCUT2D eigenvalue weighted by molar-refractivity contribution is 5.66. The summed E-state index contributed by atoms with van der Waals surface area (Å²) in [6.07, 6.45) is 10.7. The van der Waals surface area contributed by atoms with Crippen molar-refractivity contribution in [1.29, 1.82) is 0 Å². The molecule has 0 spiro atoms. The molecule has 1 aliphatic carbocycles. The summed E-state index contributed by atoms with van der Waals surface area (Å²) in [6.45, 7) is 2.64. The van der Waals surface area contributed by atoms with Crippen LogP contribution in [0.1, 0.15) is 56.9 Å². The molecule has 2 aromatic rings. The van der Waals surface area contributed by atoms with Crippen LogP contribution in [-0.2, 0) is 16.1 Å². The molecular weight excluding hydrogens is 438 g/mol. The number of likely N-dealkylation sites (tertiary alicyclic amines) is 1. The number of carboxylic acid groups (broad SMARTS) is 1. The van der Waals surface area contributed by atoms with Gasteiger partial charge in [0.15, 0.2) is 0 Å². The van der Waals surface area contributed by atoms with Gasteiger partial charge < -0.3 is 14.9 Å². The Morgan fingerprint density at radius 2 is 1.69 bits per heavy atom. The lowest BCUT2D eigenvalue weighted by Gasteiger charge is -2.37. The zero-order valence-corrected chi connectivity index (χ0v) is 20.6. The number of unbranched alkanes of at least 4 members (excludes halogenated alkanes) is 1. The van der Waals surface area contributed by atoms with E-state index in [1.807, 2.05) is 6.07 Å². The molecule has 1 aliphatic heterocycles. The van der Waals surface area contributed by atoms with Crippen molar-refractivity contribution in [1.82, 2.24) is 4.90 Å². The number of carboxylic acids is 1. The van der Waals surface area contributed by atoms with Gasteiger partial charge in [-0.15, -0.1) is 0 Å². The molecule has 5 nitrogen and oxygen atoms in total. The van der Waals surface area contributed by atoms with Gasteiger partial charge in [0.2, 0.25) is 0 Å². The minimum Gasteiger partial charge on any atom is -0.481 e. The molecule has 0 radical (unpaired) electrons. The van der Waals surface area contributed by atoms with Gasteiger partial charge in [-0.3, -0.25) is 9.69 Å². The molecule has 0 unspecified atom stereocenters. The van der Waals surface area contributed by atoms with Crippen LogP contribution in [-0.4, -0.2) is 52.4 Å². The van der Waals surface area contributed by atoms with E-state index in [0.717, 1.165) is 31.5 Å². The van der Waals surface area contributed by atoms with E-state index < -0.39 is 5.97 Å². The summed E-state index contributed by atoms with van der Waals surface area (Å²) >= 11 is 0. The zero-order chi connectivity index (χ0) is 24.5. The number of carbonyl (C=O) groups is 1. The smallest absolute Gasteiger partial charge is 0.303 e. The molecule has 5 heteroatoms. The zero-order valence-electron chi connectivity index (χ0n) is 20.6. The lowest BCUT2D eigenvalue weighted by molar-refractivity contribution is -0.137. The third-order valence-corrected chi connectivity index (χ3v) is 7.46. The maximum atomic E-state index is 11.0. The SMILES string of the molecule is O=C(O)CCCC=CC[C@@H]1[C@@H](N2CCCCC2)[C@@H](O)C[C@@H]1OCc1ccc(-c2ccccc2)cc1. The molecule has 4 atom stereocenters. The molecule has 1 saturated heterocycles. The van der Waals surface area contributed by atoms with Gasteiger partial charge in [-0.1, -0.05) is 73.2 Å². The van der Waals surface area contributed by atoms with Crippen molar-refractivity contribution >= 4 is 5.97 Å². The minimum absolute atomic E-state index is 0.00870. The second kappa shape index (κ2) is 13.0. The maximum Gasteiger partial charge on any atom is 0.303 e. The van der Waals surface area contributed by atoms with Crippen LogP contribution in [0.5, 0.6) is 0 Å². The number of rotatable bonds is 11. The Morgan fingerprint density at radius 3 is 2.40 bits per heavy atom. The number of aliphatic hydroxyl groups excluding tert-OH is 1. The minimum atomic E-state index is -0.743. The van der Waals surface area contributed by atoms with Gasteiger partial charge in [-0.05, 0) is 61.9 Å². The van der Waals surface area contributed by atoms with Gasteiger partial charge in [0, 0.05) is 24.8 Å². The van der Waals surface area contributed by atoms with E-state index in [2.05, 4.69) is 65.6 Å². The third-order valence-electron chi connectivity index (χ3n) is 7.46. The number of ether oxygens (including phenoxy) is 1. The van der Waals surface area contributed by atoms with Crippen molar-refractivity contribution in [3.05, 3.63) is 72.3 Å². The van der Waals surface area contributed by atoms with Crippen LogP contribution >= 0.6 is 0 Å². The Kier molecular flexibility index (Phi) is 9.52. The molecule has 1 heterocycles. The number of piperidine rings is 1. The van der Waals surface area contributed by atoms with E-state index in [0.29, 0.717) is 19.4 Å². The van der Waals surface area contributed by atoms with E-state index in [1.54, 1.807) is 0 Å². The molecule has 2 aromatic carbocycles. The standard InChI is InChI=1S/C30H39NO4/c32-27-21-28(35-22-23-15-17-25(18-16-23)24-11-5-3-6-12-24)26(13-7-1-2-8-14-29(33)34)30(27)31-19-9-4-10-20-31/h1,3,5-7,11-12,15-18,26-28,30,32H,2,4,8-10,13-14,19-22H2,(H,33,34)/t26-,27-,28-,30+/m0/s1. The molecule has 188 valence electrons. The topological polar surface area (TPSA) is 70.0 Å². The van der Waals surface area contributed by atoms with E-state index >= 15 is 0 Å². The van der Waals surface area contributed by atoms with E-state index in [9.17, 15) is 9.90 Å². The first kappa shape index (κ1) is 25.6. The summed E-state index contributed by atoms with van der Waals surface area (Å²) in [5, 5.41) is 19.9. The Morgan fingerprint density at radius 1 is 0.971 bits per heavy atom. The van der Waals surface area contributed by atoms with E-state index in [4.69, 9.17) is 9.84 Å². The summed E-state index contributed by atoms with van der Waals surface area (Å²) in [5.74, 6) is -0.504. The molecule has 0 bridgehead atoms. The van der Waals surface area contributed by atoms with Crippen LogP contribution < -0.4 is 0 Å². The fourth-order valence-electron chi connectivity index (χ4n) is 5.64. The fourth-order valence-corrected chi connectivity index (χ4v) is 5.64. The lowest BCUT2D eigenvalue weighted by atomic mass is 9.93. The van der Waals surface area contributed by atoms with Gasteiger partial charge in [0.25, 0.3) is 0 Å². The predicted octanol–water partition coefficient (Wildman–Crippen LogP) is 5.68. The second-order valence-corrected chi connectivity index (χ2v) is 9.96. The molecule has 2 aliphatic rings. The van der Waals surface area contributed by atoms with Crippen LogP contribution in [0.4, 0.5) is 0 Å². The van der Waals surface area contributed by atoms with Crippen LogP contribution in [0.25, 0.3) is 11.1 Å². The quantitative estimate of drug-likeness (QED) is 0.322. The Bertz CT molecular complexity index is 937. The van der Waals surface area contributed by atoms with Gasteiger partial charge in [0.05, 0.1) is 18.8 Å². The summed E-state index contributed by atoms with van der Waals surface area (Å²) in [7, 11) is 0. The number of aliphatic hydroxyl groups is 1. The molecule has 0 aromatic heterocycles. The average molecular weight is 478 g/mol. The maximum absolute atomic E-state index is 11.0. The third kappa shape index (κ3) is 7.26. The second-order valence-electron chi connectivity index (χ2n) is 9.96. The number of hydrogen-bond acceptors (Lipinski definition) is 4. The molecule has 0 amide bonds. The van der Waals surface area contributed by atoms with Crippen LogP contribution in [0.2, 0.25) is 0 Å². The normalized spacial score (nSPS) is 25.3. The predicted molar refractivity (Wildman–Crippen MR) is 139 cm³/mol. The molecule has 2 N–H and O–H groups in total. The van der Waals surface area contributed by atoms with Crippen molar-refractivity contribution in [3.8, 4) is 11.1 Å². The molecule has 35 heavy (non-hydrogen) atoms. The Balaban J connectivity index is 1.38. The first-order valence-electron chi connectivity index (χ1n) is 13.2. The Labute approximate surface area is 209 Å². The molecule has 2 fully saturated rings. The van der Waals surface area contributed by atoms with Crippen LogP contribution in [0.15, 0.2) is 66.7 Å². The first-order chi connectivity index (χ1) is 17.1. The van der Waals surface area contributed by atoms with Crippen LogP contribution in [0.3, 0.4) is 0 Å². The number of aliphatic carboxylic acids is 1. The lowest BCUT2D eigenvalue weighted by Crippen LogP contribution is -2.47. The van der Waals surface area contributed by atoms with Crippen molar-refractivity contribution in [2.75, 3.05) is 13.1 Å². The fraction of sp³-hybridized carbons (Fsp3) is 0.500. The highest BCUT2D eigenvalue weighted by Crippen LogP contribution is 2.37. The van der Waals surface area contributed by atoms with Gasteiger partial charge in [-0.25, -0.2) is 0 Å². The average Bonchev–Trinajstić information content (AvgIpc) is 3.20. The summed E-state index contributed by atoms with van der Waals surface area (Å²) < 4.78 is 6.45. The summed E-state index contributed by atoms with van der Waals surface area (Å²) in [4.78, 5) is 13.2. The Hall–Kier alpha value is -2.47. The van der Waals surface area contributed by atoms with E-state index in [-0.39, 0.29) is 30.6 Å². The number of hydrogen-bond donors (Lipinski definition) is 2. The summed E-state index contributed by atoms with van der Waals surface area (Å²) in [5.41, 5.74) is 3.55. The number of allylic oxidation sites excluding steroid dienone is 2. The first-order valence-corrected chi connectivity index (χ1v) is 13.2. The monoisotopic (exact) mass is 477 g/mol. The van der Waals surface area contributed by atoms with Gasteiger partial charge >= 0.3 is 5.97 Å². The van der Waals surface area contributed by atoms with E-state index in [1.165, 1.54) is 30.4 Å². The molecule has 1 saturated carbocycles. The summed E-state index contributed by atoms with van der Waals surface area (Å²) in [6, 6.07) is 19.0. The molecular formula is C30H39NO4. The van der Waals surface area contributed by atoms with Crippen molar-refractivity contribution in [2.45, 2.75) is 76.2 Å². The number of benzene rings is 2.